The summed E-state index contributed by atoms with van der Waals surface area (Å²) in [5.41, 5.74) is 0.179. The molecule has 5 heteroatoms. The highest BCUT2D eigenvalue weighted by molar-refractivity contribution is 5.87. The maximum absolute atomic E-state index is 13.9. The van der Waals surface area contributed by atoms with Crippen molar-refractivity contribution < 1.29 is 23.5 Å². The van der Waals surface area contributed by atoms with Gasteiger partial charge in [0, 0.05) is 5.56 Å². The van der Waals surface area contributed by atoms with Crippen molar-refractivity contribution in [2.24, 2.45) is 17.3 Å². The van der Waals surface area contributed by atoms with Crippen molar-refractivity contribution in [2.75, 3.05) is 6.61 Å². The highest BCUT2D eigenvalue weighted by atomic mass is 19.1. The van der Waals surface area contributed by atoms with Crippen LogP contribution in [-0.2, 0) is 19.1 Å². The normalized spacial score (nSPS) is 22.4. The number of ether oxygens (including phenoxy) is 2. The van der Waals surface area contributed by atoms with Crippen molar-refractivity contribution in [3.8, 4) is 12.3 Å². The molecule has 25 heavy (non-hydrogen) atoms. The van der Waals surface area contributed by atoms with Gasteiger partial charge in [0.15, 0.2) is 6.10 Å². The molecular weight excluding hydrogens is 323 g/mol. The van der Waals surface area contributed by atoms with Crippen molar-refractivity contribution >= 4 is 11.9 Å². The second-order valence-electron chi connectivity index (χ2n) is 6.45. The fourth-order valence-corrected chi connectivity index (χ4v) is 2.88. The molecule has 1 aromatic carbocycles. The average Bonchev–Trinajstić information content (AvgIpc) is 3.13. The molecule has 2 rings (SSSR count). The number of halogens is 1. The van der Waals surface area contributed by atoms with Gasteiger partial charge < -0.3 is 9.47 Å². The molecule has 3 atom stereocenters. The molecule has 0 bridgehead atoms. The lowest BCUT2D eigenvalue weighted by molar-refractivity contribution is -0.149. The van der Waals surface area contributed by atoms with Gasteiger partial charge in [-0.3, -0.25) is 4.79 Å². The molecule has 1 aliphatic carbocycles. The van der Waals surface area contributed by atoms with Crippen LogP contribution in [0.4, 0.5) is 4.39 Å². The van der Waals surface area contributed by atoms with Crippen molar-refractivity contribution in [1.29, 1.82) is 0 Å². The van der Waals surface area contributed by atoms with Crippen LogP contribution in [-0.4, -0.2) is 18.5 Å². The summed E-state index contributed by atoms with van der Waals surface area (Å²) in [6.45, 7) is 5.30. The quantitative estimate of drug-likeness (QED) is 0.450. The summed E-state index contributed by atoms with van der Waals surface area (Å²) in [5, 5.41) is 0. The molecule has 1 aliphatic rings. The molecule has 1 saturated carbocycles. The molecular formula is C20H21FO4. The first-order valence-corrected chi connectivity index (χ1v) is 8.09. The van der Waals surface area contributed by atoms with E-state index in [-0.39, 0.29) is 6.61 Å². The standard InChI is InChI=1S/C20H21FO4/c1-5-16(13-10-8-7-9-11-13)25-19(23)17-14(20(17,3)4)12-15(21)18(22)24-6-2/h1,7-12,14,16-17H,6H2,2-4H3/b15-12+/t14-,16?,17-/m0/s1. The highest BCUT2D eigenvalue weighted by Gasteiger charge is 2.62. The van der Waals surface area contributed by atoms with Gasteiger partial charge in [-0.2, -0.15) is 4.39 Å². The summed E-state index contributed by atoms with van der Waals surface area (Å²) < 4.78 is 23.9. The minimum Gasteiger partial charge on any atom is -0.461 e. The van der Waals surface area contributed by atoms with Crippen LogP contribution < -0.4 is 0 Å². The summed E-state index contributed by atoms with van der Waals surface area (Å²) >= 11 is 0. The molecule has 0 spiro atoms. The molecule has 0 N–H and O–H groups in total. The van der Waals surface area contributed by atoms with Gasteiger partial charge in [-0.05, 0) is 24.3 Å². The molecule has 0 aliphatic heterocycles. The van der Waals surface area contributed by atoms with E-state index in [1.54, 1.807) is 31.2 Å². The number of carbonyl (C=O) groups is 2. The van der Waals surface area contributed by atoms with Gasteiger partial charge in [-0.25, -0.2) is 4.79 Å². The SMILES string of the molecule is C#CC(OC(=O)[C@@H]1[C@H](/C=C(/F)C(=O)OCC)C1(C)C)c1ccccc1. The van der Waals surface area contributed by atoms with E-state index in [1.807, 2.05) is 19.9 Å². The fourth-order valence-electron chi connectivity index (χ4n) is 2.88. The maximum Gasteiger partial charge on any atom is 0.366 e. The number of benzene rings is 1. The van der Waals surface area contributed by atoms with Crippen LogP contribution in [0.2, 0.25) is 0 Å². The second-order valence-corrected chi connectivity index (χ2v) is 6.45. The van der Waals surface area contributed by atoms with Crippen LogP contribution in [0.1, 0.15) is 32.4 Å². The Kier molecular flexibility index (Phi) is 5.63. The third-order valence-corrected chi connectivity index (χ3v) is 4.45. The lowest BCUT2D eigenvalue weighted by atomic mass is 10.1. The molecule has 1 fully saturated rings. The van der Waals surface area contributed by atoms with Crippen LogP contribution >= 0.6 is 0 Å². The zero-order chi connectivity index (χ0) is 18.6. The third kappa shape index (κ3) is 4.08. The van der Waals surface area contributed by atoms with Crippen molar-refractivity contribution in [3.63, 3.8) is 0 Å². The van der Waals surface area contributed by atoms with Crippen LogP contribution in [0.15, 0.2) is 42.2 Å². The summed E-state index contributed by atoms with van der Waals surface area (Å²) in [6, 6.07) is 8.98. The van der Waals surface area contributed by atoms with Crippen LogP contribution in [0.25, 0.3) is 0 Å². The van der Waals surface area contributed by atoms with E-state index in [2.05, 4.69) is 10.7 Å². The van der Waals surface area contributed by atoms with Gasteiger partial charge in [0.25, 0.3) is 0 Å². The average molecular weight is 344 g/mol. The Morgan fingerprint density at radius 3 is 2.56 bits per heavy atom. The smallest absolute Gasteiger partial charge is 0.366 e. The van der Waals surface area contributed by atoms with Gasteiger partial charge >= 0.3 is 11.9 Å². The molecule has 1 aromatic rings. The van der Waals surface area contributed by atoms with Gasteiger partial charge in [0.05, 0.1) is 12.5 Å². The zero-order valence-corrected chi connectivity index (χ0v) is 14.5. The Bertz CT molecular complexity index is 715. The summed E-state index contributed by atoms with van der Waals surface area (Å²) in [5.74, 6) is -1.09. The van der Waals surface area contributed by atoms with Crippen molar-refractivity contribution in [1.82, 2.24) is 0 Å². The van der Waals surface area contributed by atoms with E-state index in [0.717, 1.165) is 6.08 Å². The van der Waals surface area contributed by atoms with E-state index in [0.29, 0.717) is 5.56 Å². The topological polar surface area (TPSA) is 52.6 Å². The Labute approximate surface area is 147 Å². The van der Waals surface area contributed by atoms with E-state index < -0.39 is 41.1 Å². The number of hydrogen-bond acceptors (Lipinski definition) is 4. The first kappa shape index (κ1) is 18.7. The van der Waals surface area contributed by atoms with Crippen LogP contribution in [0.5, 0.6) is 0 Å². The Balaban J connectivity index is 2.08. The van der Waals surface area contributed by atoms with Gasteiger partial charge in [-0.15, -0.1) is 6.42 Å². The highest BCUT2D eigenvalue weighted by Crippen LogP contribution is 2.60. The maximum atomic E-state index is 13.9. The summed E-state index contributed by atoms with van der Waals surface area (Å²) in [6.07, 6.45) is 5.80. The lowest BCUT2D eigenvalue weighted by Crippen LogP contribution is -2.14. The van der Waals surface area contributed by atoms with E-state index in [9.17, 15) is 14.0 Å². The molecule has 0 heterocycles. The predicted molar refractivity (Wildman–Crippen MR) is 90.7 cm³/mol. The predicted octanol–water partition coefficient (Wildman–Crippen LogP) is 3.59. The zero-order valence-electron chi connectivity index (χ0n) is 14.5. The largest absolute Gasteiger partial charge is 0.461 e. The fraction of sp³-hybridized carbons (Fsp3) is 0.400. The Morgan fingerprint density at radius 1 is 1.36 bits per heavy atom. The van der Waals surface area contributed by atoms with Gasteiger partial charge in [0.1, 0.15) is 0 Å². The number of rotatable bonds is 6. The number of hydrogen-bond donors (Lipinski definition) is 0. The van der Waals surface area contributed by atoms with Crippen LogP contribution in [0, 0.1) is 29.6 Å². The second kappa shape index (κ2) is 7.52. The van der Waals surface area contributed by atoms with Crippen molar-refractivity contribution in [2.45, 2.75) is 26.9 Å². The molecule has 0 aromatic heterocycles. The Morgan fingerprint density at radius 2 is 2.00 bits per heavy atom. The lowest BCUT2D eigenvalue weighted by Gasteiger charge is -2.13. The van der Waals surface area contributed by atoms with Gasteiger partial charge in [-0.1, -0.05) is 50.1 Å². The van der Waals surface area contributed by atoms with Crippen molar-refractivity contribution in [3.05, 3.63) is 47.8 Å². The number of carbonyl (C=O) groups excluding carboxylic acids is 2. The third-order valence-electron chi connectivity index (χ3n) is 4.45. The summed E-state index contributed by atoms with van der Waals surface area (Å²) in [4.78, 5) is 23.9. The molecule has 0 radical (unpaired) electrons. The molecule has 4 nitrogen and oxygen atoms in total. The van der Waals surface area contributed by atoms with Crippen LogP contribution in [0.3, 0.4) is 0 Å². The van der Waals surface area contributed by atoms with E-state index >= 15 is 0 Å². The van der Waals surface area contributed by atoms with Gasteiger partial charge in [0.2, 0.25) is 5.83 Å². The molecule has 0 amide bonds. The molecule has 132 valence electrons. The molecule has 1 unspecified atom stereocenters. The monoisotopic (exact) mass is 344 g/mol. The van der Waals surface area contributed by atoms with E-state index in [4.69, 9.17) is 11.2 Å². The Hall–Kier alpha value is -2.61. The number of terminal acetylenes is 1. The van der Waals surface area contributed by atoms with E-state index in [1.165, 1.54) is 0 Å². The number of esters is 2. The molecule has 0 saturated heterocycles. The number of allylic oxidation sites excluding steroid dienone is 1. The minimum atomic E-state index is -1.02. The first-order chi connectivity index (χ1) is 11.8. The summed E-state index contributed by atoms with van der Waals surface area (Å²) in [7, 11) is 0. The minimum absolute atomic E-state index is 0.0839. The first-order valence-electron chi connectivity index (χ1n) is 8.09.